The van der Waals surface area contributed by atoms with Gasteiger partial charge in [-0.1, -0.05) is 23.7 Å². The molecule has 1 aromatic heterocycles. The fourth-order valence-electron chi connectivity index (χ4n) is 3.75. The van der Waals surface area contributed by atoms with E-state index in [4.69, 9.17) is 11.6 Å². The van der Waals surface area contributed by atoms with E-state index in [2.05, 4.69) is 4.98 Å². The molecule has 0 spiro atoms. The smallest absolute Gasteiger partial charge is 0.282 e. The minimum absolute atomic E-state index is 0.265. The van der Waals surface area contributed by atoms with Crippen LogP contribution in [-0.2, 0) is 16.0 Å². The Hall–Kier alpha value is -3.51. The number of likely N-dealkylation sites (N-methyl/N-ethyl adjacent to an activating group) is 1. The lowest BCUT2D eigenvalue weighted by molar-refractivity contribution is -0.120. The van der Waals surface area contributed by atoms with E-state index in [1.165, 1.54) is 24.3 Å². The third-order valence-electron chi connectivity index (χ3n) is 5.39. The topological polar surface area (TPSA) is 53.5 Å². The molecule has 0 aliphatic carbocycles. The van der Waals surface area contributed by atoms with Crippen molar-refractivity contribution in [2.75, 3.05) is 18.0 Å². The Morgan fingerprint density at radius 3 is 2.22 bits per heavy atom. The lowest BCUT2D eigenvalue weighted by Crippen LogP contribution is -2.36. The van der Waals surface area contributed by atoms with Gasteiger partial charge in [-0.25, -0.2) is 9.29 Å². The zero-order chi connectivity index (χ0) is 22.7. The molecule has 1 aliphatic heterocycles. The summed E-state index contributed by atoms with van der Waals surface area (Å²) in [5.41, 5.74) is 2.59. The zero-order valence-corrected chi connectivity index (χ0v) is 18.2. The molecule has 5 nitrogen and oxygen atoms in total. The Bertz CT molecular complexity index is 1160. The number of hydrogen-bond acceptors (Lipinski definition) is 4. The van der Waals surface area contributed by atoms with Gasteiger partial charge in [0.1, 0.15) is 11.5 Å². The molecule has 2 aromatic carbocycles. The van der Waals surface area contributed by atoms with Gasteiger partial charge < -0.3 is 4.90 Å². The van der Waals surface area contributed by atoms with Crippen LogP contribution < -0.4 is 4.90 Å². The van der Waals surface area contributed by atoms with Crippen molar-refractivity contribution in [3.8, 4) is 0 Å². The Balaban J connectivity index is 1.75. The van der Waals surface area contributed by atoms with Gasteiger partial charge in [-0.2, -0.15) is 0 Å². The fourth-order valence-corrected chi connectivity index (χ4v) is 3.88. The molecular weight excluding hydrogens is 429 g/mol. The minimum Gasteiger partial charge on any atom is -0.366 e. The second-order valence-electron chi connectivity index (χ2n) is 7.34. The summed E-state index contributed by atoms with van der Waals surface area (Å²) in [7, 11) is 0. The van der Waals surface area contributed by atoms with E-state index in [0.717, 1.165) is 10.5 Å². The number of nitrogens with zero attached hydrogens (tertiary/aromatic N) is 3. The molecule has 0 N–H and O–H groups in total. The molecule has 2 heterocycles. The number of benzene rings is 2. The predicted octanol–water partition coefficient (Wildman–Crippen LogP) is 4.72. The summed E-state index contributed by atoms with van der Waals surface area (Å²) in [4.78, 5) is 34.1. The molecule has 0 bridgehead atoms. The number of hydrogen-bond donors (Lipinski definition) is 0. The number of carbonyl (C=O) groups excluding carboxylic acids is 2. The van der Waals surface area contributed by atoms with E-state index in [9.17, 15) is 14.0 Å². The molecule has 162 valence electrons. The zero-order valence-electron chi connectivity index (χ0n) is 17.5. The van der Waals surface area contributed by atoms with Gasteiger partial charge in [0.05, 0.1) is 11.3 Å². The Labute approximate surface area is 190 Å². The summed E-state index contributed by atoms with van der Waals surface area (Å²) in [5.74, 6) is -1.26. The average Bonchev–Trinajstić information content (AvgIpc) is 3.06. The molecule has 1 aliphatic rings. The van der Waals surface area contributed by atoms with Gasteiger partial charge in [0.25, 0.3) is 11.8 Å². The number of carbonyl (C=O) groups is 2. The molecular formula is C25H21ClFN3O2. The lowest BCUT2D eigenvalue weighted by atomic mass is 10.0. The highest BCUT2D eigenvalue weighted by Crippen LogP contribution is 2.35. The fraction of sp³-hybridized carbons (Fsp3) is 0.160. The first-order valence-corrected chi connectivity index (χ1v) is 10.7. The van der Waals surface area contributed by atoms with Crippen LogP contribution in [0.4, 0.5) is 10.1 Å². The third-order valence-corrected chi connectivity index (χ3v) is 5.65. The first-order chi connectivity index (χ1) is 15.5. The number of halogens is 2. The van der Waals surface area contributed by atoms with Crippen molar-refractivity contribution in [1.82, 2.24) is 9.88 Å². The van der Waals surface area contributed by atoms with Crippen LogP contribution in [0, 0.1) is 5.82 Å². The van der Waals surface area contributed by atoms with Gasteiger partial charge in [-0.05, 0) is 73.0 Å². The second-order valence-corrected chi connectivity index (χ2v) is 7.77. The molecule has 0 unspecified atom stereocenters. The SMILES string of the molecule is CCN(CCc1ccncc1)C1=C(c2ccc(F)cc2)C(=O)N(c2ccc(Cl)cc2)C1=O. The van der Waals surface area contributed by atoms with E-state index >= 15 is 0 Å². The van der Waals surface area contributed by atoms with E-state index in [-0.39, 0.29) is 5.57 Å². The number of anilines is 1. The van der Waals surface area contributed by atoms with Crippen molar-refractivity contribution in [2.45, 2.75) is 13.3 Å². The Morgan fingerprint density at radius 1 is 0.938 bits per heavy atom. The summed E-state index contributed by atoms with van der Waals surface area (Å²) in [6.45, 7) is 3.00. The normalized spacial score (nSPS) is 13.8. The molecule has 0 fully saturated rings. The molecule has 0 saturated carbocycles. The molecule has 2 amide bonds. The van der Waals surface area contributed by atoms with E-state index in [0.29, 0.717) is 41.5 Å². The van der Waals surface area contributed by atoms with Gasteiger partial charge in [-0.15, -0.1) is 0 Å². The first kappa shape index (κ1) is 21.7. The van der Waals surface area contributed by atoms with Crippen LogP contribution >= 0.6 is 11.6 Å². The number of pyridine rings is 1. The summed E-state index contributed by atoms with van der Waals surface area (Å²) in [5, 5.41) is 0.507. The van der Waals surface area contributed by atoms with Gasteiger partial charge in [0, 0.05) is 30.5 Å². The molecule has 32 heavy (non-hydrogen) atoms. The molecule has 0 saturated heterocycles. The highest BCUT2D eigenvalue weighted by atomic mass is 35.5. The first-order valence-electron chi connectivity index (χ1n) is 10.3. The highest BCUT2D eigenvalue weighted by Gasteiger charge is 2.42. The number of imide groups is 1. The van der Waals surface area contributed by atoms with Gasteiger partial charge >= 0.3 is 0 Å². The molecule has 4 rings (SSSR count). The quantitative estimate of drug-likeness (QED) is 0.490. The monoisotopic (exact) mass is 449 g/mol. The maximum Gasteiger partial charge on any atom is 0.282 e. The summed E-state index contributed by atoms with van der Waals surface area (Å²) in [6, 6.07) is 16.0. The van der Waals surface area contributed by atoms with Crippen molar-refractivity contribution < 1.29 is 14.0 Å². The van der Waals surface area contributed by atoms with Crippen LogP contribution in [0.2, 0.25) is 5.02 Å². The summed E-state index contributed by atoms with van der Waals surface area (Å²) >= 11 is 5.98. The van der Waals surface area contributed by atoms with Crippen LogP contribution in [0.15, 0.2) is 78.8 Å². The van der Waals surface area contributed by atoms with E-state index in [1.54, 1.807) is 36.7 Å². The average molecular weight is 450 g/mol. The van der Waals surface area contributed by atoms with Crippen molar-refractivity contribution in [2.24, 2.45) is 0 Å². The molecule has 3 aromatic rings. The minimum atomic E-state index is -0.443. The van der Waals surface area contributed by atoms with Crippen molar-refractivity contribution >= 4 is 34.7 Å². The predicted molar refractivity (Wildman–Crippen MR) is 122 cm³/mol. The molecule has 0 atom stereocenters. The number of rotatable bonds is 7. The largest absolute Gasteiger partial charge is 0.366 e. The van der Waals surface area contributed by atoms with Gasteiger partial charge in [0.15, 0.2) is 0 Å². The van der Waals surface area contributed by atoms with Crippen molar-refractivity contribution in [3.05, 3.63) is 101 Å². The third kappa shape index (κ3) is 4.27. The molecule has 7 heteroatoms. The Kier molecular flexibility index (Phi) is 6.32. The second kappa shape index (κ2) is 9.32. The number of aromatic nitrogens is 1. The van der Waals surface area contributed by atoms with Crippen molar-refractivity contribution in [1.29, 1.82) is 0 Å². The maximum atomic E-state index is 13.6. The molecule has 0 radical (unpaired) electrons. The highest BCUT2D eigenvalue weighted by molar-refractivity contribution is 6.45. The van der Waals surface area contributed by atoms with Crippen LogP contribution in [-0.4, -0.2) is 34.8 Å². The number of amides is 2. The van der Waals surface area contributed by atoms with Gasteiger partial charge in [0.2, 0.25) is 0 Å². The Morgan fingerprint density at radius 2 is 1.59 bits per heavy atom. The van der Waals surface area contributed by atoms with Crippen LogP contribution in [0.5, 0.6) is 0 Å². The van der Waals surface area contributed by atoms with Crippen LogP contribution in [0.3, 0.4) is 0 Å². The lowest BCUT2D eigenvalue weighted by Gasteiger charge is -2.25. The summed E-state index contributed by atoms with van der Waals surface area (Å²) in [6.07, 6.45) is 4.13. The van der Waals surface area contributed by atoms with E-state index in [1.807, 2.05) is 24.0 Å². The van der Waals surface area contributed by atoms with Crippen LogP contribution in [0.1, 0.15) is 18.1 Å². The van der Waals surface area contributed by atoms with Crippen LogP contribution in [0.25, 0.3) is 5.57 Å². The standard InChI is InChI=1S/C25H21ClFN3O2/c1-2-29(16-13-17-11-14-28-15-12-17)23-22(18-3-7-20(27)8-4-18)24(31)30(25(23)32)21-9-5-19(26)6-10-21/h3-12,14-15H,2,13,16H2,1H3. The van der Waals surface area contributed by atoms with Gasteiger partial charge in [-0.3, -0.25) is 14.6 Å². The van der Waals surface area contributed by atoms with Crippen molar-refractivity contribution in [3.63, 3.8) is 0 Å². The maximum absolute atomic E-state index is 13.6. The van der Waals surface area contributed by atoms with E-state index < -0.39 is 17.6 Å². The summed E-state index contributed by atoms with van der Waals surface area (Å²) < 4.78 is 13.6.